The van der Waals surface area contributed by atoms with Gasteiger partial charge in [-0.1, -0.05) is 0 Å². The highest BCUT2D eigenvalue weighted by atomic mass is 16.6. The molecule has 3 N–H and O–H groups in total. The maximum absolute atomic E-state index is 11.6. The average molecular weight is 226 g/mol. The van der Waals surface area contributed by atoms with Crippen LogP contribution in [0.3, 0.4) is 0 Å². The van der Waals surface area contributed by atoms with Crippen LogP contribution in [-0.4, -0.2) is 48.7 Å². The van der Waals surface area contributed by atoms with E-state index < -0.39 is 0 Å². The summed E-state index contributed by atoms with van der Waals surface area (Å²) in [5.41, 5.74) is 5.59. The minimum Gasteiger partial charge on any atom is -0.450 e. The Balaban J connectivity index is 1.97. The summed E-state index contributed by atoms with van der Waals surface area (Å²) >= 11 is 0. The zero-order valence-electron chi connectivity index (χ0n) is 9.53. The Bertz CT molecular complexity index is 318. The summed E-state index contributed by atoms with van der Waals surface area (Å²) in [7, 11) is 0. The molecule has 0 aromatic heterocycles. The van der Waals surface area contributed by atoms with Crippen LogP contribution >= 0.6 is 0 Å². The van der Waals surface area contributed by atoms with E-state index in [1.54, 1.807) is 4.90 Å². The van der Waals surface area contributed by atoms with Crippen molar-refractivity contribution in [2.45, 2.75) is 25.3 Å². The summed E-state index contributed by atoms with van der Waals surface area (Å²) in [6, 6.07) is 0. The summed E-state index contributed by atoms with van der Waals surface area (Å²) < 4.78 is 4.98. The monoisotopic (exact) mass is 226 g/mol. The van der Waals surface area contributed by atoms with Gasteiger partial charge in [0.2, 0.25) is 0 Å². The molecule has 1 saturated heterocycles. The molecule has 0 aromatic rings. The van der Waals surface area contributed by atoms with Gasteiger partial charge >= 0.3 is 6.09 Å². The highest BCUT2D eigenvalue weighted by Gasteiger charge is 2.41. The molecule has 0 aliphatic carbocycles. The molecule has 2 rings (SSSR count). The Kier molecular flexibility index (Phi) is 2.89. The fourth-order valence-corrected chi connectivity index (χ4v) is 2.31. The van der Waals surface area contributed by atoms with E-state index in [1.165, 1.54) is 0 Å². The lowest BCUT2D eigenvalue weighted by Crippen LogP contribution is -2.56. The number of aliphatic imine (C=N–C) groups is 1. The third-order valence-corrected chi connectivity index (χ3v) is 3.15. The smallest absolute Gasteiger partial charge is 0.409 e. The average Bonchev–Trinajstić information content (AvgIpc) is 2.62. The predicted octanol–water partition coefficient (Wildman–Crippen LogP) is -0.105. The minimum atomic E-state index is -0.234. The van der Waals surface area contributed by atoms with Gasteiger partial charge in [-0.05, 0) is 19.8 Å². The number of hydrogen-bond donors (Lipinski definition) is 2. The van der Waals surface area contributed by atoms with Gasteiger partial charge in [-0.25, -0.2) is 4.79 Å². The van der Waals surface area contributed by atoms with Crippen molar-refractivity contribution in [2.75, 3.05) is 26.2 Å². The lowest BCUT2D eigenvalue weighted by molar-refractivity contribution is 0.112. The van der Waals surface area contributed by atoms with E-state index in [2.05, 4.69) is 10.3 Å². The normalized spacial score (nSPS) is 28.8. The molecule has 1 unspecified atom stereocenters. The molecule has 2 aliphatic rings. The highest BCUT2D eigenvalue weighted by molar-refractivity contribution is 5.79. The molecule has 1 fully saturated rings. The zero-order chi connectivity index (χ0) is 11.6. The number of likely N-dealkylation sites (tertiary alicyclic amines) is 1. The van der Waals surface area contributed by atoms with E-state index in [4.69, 9.17) is 10.5 Å². The van der Waals surface area contributed by atoms with Gasteiger partial charge < -0.3 is 20.7 Å². The Morgan fingerprint density at radius 3 is 3.19 bits per heavy atom. The number of nitrogens with zero attached hydrogens (tertiary/aromatic N) is 2. The van der Waals surface area contributed by atoms with Crippen LogP contribution in [0.1, 0.15) is 19.8 Å². The molecule has 0 bridgehead atoms. The van der Waals surface area contributed by atoms with Gasteiger partial charge in [-0.2, -0.15) is 0 Å². The van der Waals surface area contributed by atoms with Crippen LogP contribution in [0.15, 0.2) is 4.99 Å². The van der Waals surface area contributed by atoms with Crippen LogP contribution in [-0.2, 0) is 4.74 Å². The second kappa shape index (κ2) is 4.19. The van der Waals surface area contributed by atoms with Gasteiger partial charge in [0.05, 0.1) is 12.1 Å². The van der Waals surface area contributed by atoms with Crippen molar-refractivity contribution in [3.8, 4) is 0 Å². The molecule has 0 radical (unpaired) electrons. The highest BCUT2D eigenvalue weighted by Crippen LogP contribution is 2.26. The third kappa shape index (κ3) is 2.05. The van der Waals surface area contributed by atoms with Crippen LogP contribution in [0, 0.1) is 0 Å². The number of hydrogen-bond acceptors (Lipinski definition) is 5. The summed E-state index contributed by atoms with van der Waals surface area (Å²) in [5.74, 6) is 0.483. The van der Waals surface area contributed by atoms with Crippen molar-refractivity contribution in [1.29, 1.82) is 0 Å². The largest absolute Gasteiger partial charge is 0.450 e. The first kappa shape index (κ1) is 11.0. The maximum atomic E-state index is 11.6. The lowest BCUT2D eigenvalue weighted by atomic mass is 9.93. The Morgan fingerprint density at radius 1 is 1.69 bits per heavy atom. The summed E-state index contributed by atoms with van der Waals surface area (Å²) in [6.45, 7) is 4.34. The van der Waals surface area contributed by atoms with Crippen LogP contribution < -0.4 is 11.1 Å². The Hall–Kier alpha value is -1.46. The topological polar surface area (TPSA) is 80.0 Å². The molecule has 16 heavy (non-hydrogen) atoms. The number of guanidine groups is 1. The summed E-state index contributed by atoms with van der Waals surface area (Å²) in [4.78, 5) is 17.4. The fourth-order valence-electron chi connectivity index (χ4n) is 2.31. The SMILES string of the molecule is CCOC(=O)N1CCC2(CCN=C(N)N2)C1. The van der Waals surface area contributed by atoms with Gasteiger partial charge in [0, 0.05) is 19.6 Å². The zero-order valence-corrected chi connectivity index (χ0v) is 9.53. The number of carbonyl (C=O) groups excluding carboxylic acids is 1. The van der Waals surface area contributed by atoms with Crippen molar-refractivity contribution in [3.05, 3.63) is 0 Å². The van der Waals surface area contributed by atoms with Crippen LogP contribution in [0.5, 0.6) is 0 Å². The molecule has 0 saturated carbocycles. The fraction of sp³-hybridized carbons (Fsp3) is 0.800. The van der Waals surface area contributed by atoms with Crippen molar-refractivity contribution < 1.29 is 9.53 Å². The second-order valence-corrected chi connectivity index (χ2v) is 4.29. The summed E-state index contributed by atoms with van der Waals surface area (Å²) in [5, 5.41) is 3.20. The van der Waals surface area contributed by atoms with E-state index >= 15 is 0 Å². The molecular formula is C10H18N4O2. The maximum Gasteiger partial charge on any atom is 0.409 e. The molecule has 1 atom stereocenters. The first-order chi connectivity index (χ1) is 7.65. The standard InChI is InChI=1S/C10H18N4O2/c1-2-16-9(15)14-6-4-10(7-14)3-5-12-8(11)13-10/h2-7H2,1H3,(H3,11,12,13). The molecule has 2 heterocycles. The molecule has 6 heteroatoms. The molecule has 2 aliphatic heterocycles. The lowest BCUT2D eigenvalue weighted by Gasteiger charge is -2.33. The van der Waals surface area contributed by atoms with Crippen LogP contribution in [0.4, 0.5) is 4.79 Å². The van der Waals surface area contributed by atoms with Crippen molar-refractivity contribution in [2.24, 2.45) is 10.7 Å². The molecule has 0 aromatic carbocycles. The first-order valence-electron chi connectivity index (χ1n) is 5.65. The van der Waals surface area contributed by atoms with Crippen molar-refractivity contribution in [1.82, 2.24) is 10.2 Å². The molecule has 90 valence electrons. The van der Waals surface area contributed by atoms with E-state index in [-0.39, 0.29) is 11.6 Å². The number of ether oxygens (including phenoxy) is 1. The van der Waals surface area contributed by atoms with E-state index in [0.717, 1.165) is 25.9 Å². The number of rotatable bonds is 1. The van der Waals surface area contributed by atoms with Gasteiger partial charge in [-0.3, -0.25) is 4.99 Å². The van der Waals surface area contributed by atoms with Gasteiger partial charge in [-0.15, -0.1) is 0 Å². The van der Waals surface area contributed by atoms with Crippen molar-refractivity contribution in [3.63, 3.8) is 0 Å². The quantitative estimate of drug-likeness (QED) is 0.654. The Morgan fingerprint density at radius 2 is 2.50 bits per heavy atom. The van der Waals surface area contributed by atoms with Gasteiger partial charge in [0.1, 0.15) is 0 Å². The van der Waals surface area contributed by atoms with E-state index in [9.17, 15) is 4.79 Å². The molecule has 1 amide bonds. The van der Waals surface area contributed by atoms with E-state index in [1.807, 2.05) is 6.92 Å². The van der Waals surface area contributed by atoms with E-state index in [0.29, 0.717) is 19.1 Å². The van der Waals surface area contributed by atoms with Crippen LogP contribution in [0.2, 0.25) is 0 Å². The third-order valence-electron chi connectivity index (χ3n) is 3.15. The number of nitrogens with two attached hydrogens (primary N) is 1. The number of amides is 1. The molecule has 1 spiro atoms. The van der Waals surface area contributed by atoms with Crippen molar-refractivity contribution >= 4 is 12.1 Å². The first-order valence-corrected chi connectivity index (χ1v) is 5.65. The second-order valence-electron chi connectivity index (χ2n) is 4.29. The van der Waals surface area contributed by atoms with Gasteiger partial charge in [0.25, 0.3) is 0 Å². The van der Waals surface area contributed by atoms with Gasteiger partial charge in [0.15, 0.2) is 5.96 Å². The predicted molar refractivity (Wildman–Crippen MR) is 60.2 cm³/mol. The Labute approximate surface area is 94.8 Å². The molecular weight excluding hydrogens is 208 g/mol. The number of carbonyl (C=O) groups is 1. The molecule has 6 nitrogen and oxygen atoms in total. The number of nitrogens with one attached hydrogen (secondary N) is 1. The van der Waals surface area contributed by atoms with Crippen LogP contribution in [0.25, 0.3) is 0 Å². The summed E-state index contributed by atoms with van der Waals surface area (Å²) in [6.07, 6.45) is 1.59. The minimum absolute atomic E-state index is 0.0847.